The van der Waals surface area contributed by atoms with Gasteiger partial charge in [-0.15, -0.1) is 0 Å². The van der Waals surface area contributed by atoms with E-state index in [2.05, 4.69) is 5.32 Å². The van der Waals surface area contributed by atoms with Crippen molar-refractivity contribution in [2.24, 2.45) is 11.7 Å². The first kappa shape index (κ1) is 11.8. The van der Waals surface area contributed by atoms with E-state index in [4.69, 9.17) is 5.73 Å². The lowest BCUT2D eigenvalue weighted by molar-refractivity contribution is -0.137. The molecule has 2 rings (SSSR count). The zero-order valence-electron chi connectivity index (χ0n) is 8.84. The fraction of sp³-hybridized carbons (Fsp3) is 0.364. The molecule has 17 heavy (non-hydrogen) atoms. The molecule has 0 saturated heterocycles. The number of hydrogen-bond acceptors (Lipinski definition) is 2. The number of nitrogens with two attached hydrogens (primary N) is 1. The molecule has 0 bridgehead atoms. The number of fused-ring (bicyclic) bond motifs is 1. The molecule has 1 aromatic carbocycles. The zero-order valence-corrected chi connectivity index (χ0v) is 8.84. The highest BCUT2D eigenvalue weighted by Gasteiger charge is 2.32. The van der Waals surface area contributed by atoms with Crippen LogP contribution in [-0.2, 0) is 17.4 Å². The minimum Gasteiger partial charge on any atom is -0.384 e. The maximum atomic E-state index is 12.5. The number of halogens is 3. The van der Waals surface area contributed by atoms with E-state index in [9.17, 15) is 18.0 Å². The minimum absolute atomic E-state index is 0.281. The molecule has 1 heterocycles. The van der Waals surface area contributed by atoms with Gasteiger partial charge in [0.05, 0.1) is 11.5 Å². The summed E-state index contributed by atoms with van der Waals surface area (Å²) in [4.78, 5) is 11.0. The minimum atomic E-state index is -4.35. The van der Waals surface area contributed by atoms with Crippen molar-refractivity contribution in [1.29, 1.82) is 0 Å². The number of carbonyl (C=O) groups is 1. The molecule has 0 fully saturated rings. The Labute approximate surface area is 95.8 Å². The van der Waals surface area contributed by atoms with Crippen LogP contribution >= 0.6 is 0 Å². The molecule has 1 aliphatic heterocycles. The predicted molar refractivity (Wildman–Crippen MR) is 56.3 cm³/mol. The number of hydrogen-bond donors (Lipinski definition) is 2. The number of benzene rings is 1. The van der Waals surface area contributed by atoms with Crippen LogP contribution in [0.25, 0.3) is 0 Å². The maximum Gasteiger partial charge on any atom is 0.416 e. The normalized spacial score (nSPS) is 19.4. The van der Waals surface area contributed by atoms with Crippen LogP contribution in [0.15, 0.2) is 18.2 Å². The third-order valence-electron chi connectivity index (χ3n) is 2.84. The van der Waals surface area contributed by atoms with E-state index in [0.29, 0.717) is 17.7 Å². The fourth-order valence-electron chi connectivity index (χ4n) is 1.87. The van der Waals surface area contributed by atoms with Crippen LogP contribution in [0, 0.1) is 5.92 Å². The van der Waals surface area contributed by atoms with Crippen molar-refractivity contribution in [2.45, 2.75) is 12.6 Å². The van der Waals surface area contributed by atoms with Crippen LogP contribution in [-0.4, -0.2) is 12.5 Å². The van der Waals surface area contributed by atoms with E-state index < -0.39 is 17.6 Å². The molecule has 6 heteroatoms. The number of amides is 1. The first-order valence-corrected chi connectivity index (χ1v) is 5.11. The Balaban J connectivity index is 2.29. The third-order valence-corrected chi connectivity index (χ3v) is 2.84. The molecule has 0 aliphatic carbocycles. The van der Waals surface area contributed by atoms with Crippen molar-refractivity contribution in [3.63, 3.8) is 0 Å². The van der Waals surface area contributed by atoms with E-state index in [1.807, 2.05) is 0 Å². The molecule has 1 atom stereocenters. The molecule has 0 saturated carbocycles. The largest absolute Gasteiger partial charge is 0.416 e. The smallest absolute Gasteiger partial charge is 0.384 e. The molecule has 3 nitrogen and oxygen atoms in total. The first-order chi connectivity index (χ1) is 7.88. The van der Waals surface area contributed by atoms with Crippen LogP contribution in [0.4, 0.5) is 18.9 Å². The van der Waals surface area contributed by atoms with Gasteiger partial charge >= 0.3 is 6.18 Å². The van der Waals surface area contributed by atoms with Crippen molar-refractivity contribution in [3.05, 3.63) is 29.3 Å². The number of rotatable bonds is 1. The van der Waals surface area contributed by atoms with E-state index >= 15 is 0 Å². The van der Waals surface area contributed by atoms with Crippen molar-refractivity contribution >= 4 is 11.6 Å². The average Bonchev–Trinajstić information content (AvgIpc) is 2.26. The van der Waals surface area contributed by atoms with Crippen LogP contribution in [0.2, 0.25) is 0 Å². The molecule has 1 aromatic rings. The third kappa shape index (κ3) is 2.35. The number of alkyl halides is 3. The highest BCUT2D eigenvalue weighted by Crippen LogP contribution is 2.34. The summed E-state index contributed by atoms with van der Waals surface area (Å²) in [5.41, 5.74) is 5.59. The van der Waals surface area contributed by atoms with E-state index in [0.717, 1.165) is 12.1 Å². The van der Waals surface area contributed by atoms with Gasteiger partial charge in [-0.3, -0.25) is 4.79 Å². The summed E-state index contributed by atoms with van der Waals surface area (Å²) >= 11 is 0. The fourth-order valence-corrected chi connectivity index (χ4v) is 1.87. The van der Waals surface area contributed by atoms with Gasteiger partial charge in [-0.1, -0.05) is 6.07 Å². The quantitative estimate of drug-likeness (QED) is 0.791. The molecule has 3 N–H and O–H groups in total. The lowest BCUT2D eigenvalue weighted by Crippen LogP contribution is -2.34. The van der Waals surface area contributed by atoms with E-state index in [1.54, 1.807) is 0 Å². The number of carbonyl (C=O) groups excluding carboxylic acids is 1. The SMILES string of the molecule is NC(=O)C1CNc2cc(C(F)(F)F)ccc2C1. The highest BCUT2D eigenvalue weighted by molar-refractivity contribution is 5.79. The Morgan fingerprint density at radius 2 is 2.12 bits per heavy atom. The summed E-state index contributed by atoms with van der Waals surface area (Å²) in [5, 5.41) is 2.81. The van der Waals surface area contributed by atoms with Crippen LogP contribution < -0.4 is 11.1 Å². The van der Waals surface area contributed by atoms with Gasteiger partial charge in [0, 0.05) is 12.2 Å². The number of anilines is 1. The Morgan fingerprint density at radius 3 is 2.71 bits per heavy atom. The predicted octanol–water partition coefficient (Wildman–Crippen LogP) is 1.77. The van der Waals surface area contributed by atoms with Crippen LogP contribution in [0.3, 0.4) is 0 Å². The summed E-state index contributed by atoms with van der Waals surface area (Å²) in [6.07, 6.45) is -3.97. The standard InChI is InChI=1S/C11H11F3N2O/c12-11(13,14)8-2-1-6-3-7(10(15)17)5-16-9(6)4-8/h1-2,4,7,16H,3,5H2,(H2,15,17). The van der Waals surface area contributed by atoms with Gasteiger partial charge in [0.25, 0.3) is 0 Å². The first-order valence-electron chi connectivity index (χ1n) is 5.11. The van der Waals surface area contributed by atoms with E-state index in [-0.39, 0.29) is 12.5 Å². The molecule has 1 unspecified atom stereocenters. The van der Waals surface area contributed by atoms with Gasteiger partial charge in [0.2, 0.25) is 5.91 Å². The molecule has 1 aliphatic rings. The topological polar surface area (TPSA) is 55.1 Å². The molecule has 0 spiro atoms. The van der Waals surface area contributed by atoms with Gasteiger partial charge < -0.3 is 11.1 Å². The Kier molecular flexibility index (Phi) is 2.73. The molecular weight excluding hydrogens is 233 g/mol. The lowest BCUT2D eigenvalue weighted by Gasteiger charge is -2.24. The summed E-state index contributed by atoms with van der Waals surface area (Å²) in [7, 11) is 0. The number of nitrogens with one attached hydrogen (secondary N) is 1. The molecule has 1 amide bonds. The molecule has 0 aromatic heterocycles. The van der Waals surface area contributed by atoms with Gasteiger partial charge in [0.15, 0.2) is 0 Å². The Bertz CT molecular complexity index is 457. The van der Waals surface area contributed by atoms with Gasteiger partial charge in [-0.2, -0.15) is 13.2 Å². The summed E-state index contributed by atoms with van der Waals surface area (Å²) < 4.78 is 37.4. The summed E-state index contributed by atoms with van der Waals surface area (Å²) in [5.74, 6) is -0.803. The average molecular weight is 244 g/mol. The summed E-state index contributed by atoms with van der Waals surface area (Å²) in [6, 6.07) is 3.47. The second-order valence-corrected chi connectivity index (χ2v) is 4.05. The van der Waals surface area contributed by atoms with Crippen LogP contribution in [0.5, 0.6) is 0 Å². The van der Waals surface area contributed by atoms with Crippen molar-refractivity contribution in [2.75, 3.05) is 11.9 Å². The summed E-state index contributed by atoms with van der Waals surface area (Å²) in [6.45, 7) is 0.281. The Morgan fingerprint density at radius 1 is 1.41 bits per heavy atom. The van der Waals surface area contributed by atoms with Crippen LogP contribution in [0.1, 0.15) is 11.1 Å². The Hall–Kier alpha value is -1.72. The van der Waals surface area contributed by atoms with Crippen molar-refractivity contribution in [3.8, 4) is 0 Å². The number of primary amides is 1. The maximum absolute atomic E-state index is 12.5. The molecule has 0 radical (unpaired) electrons. The van der Waals surface area contributed by atoms with Gasteiger partial charge in [-0.05, 0) is 24.1 Å². The second kappa shape index (κ2) is 3.94. The van der Waals surface area contributed by atoms with Gasteiger partial charge in [0.1, 0.15) is 0 Å². The second-order valence-electron chi connectivity index (χ2n) is 4.05. The zero-order chi connectivity index (χ0) is 12.6. The molecule has 92 valence electrons. The lowest BCUT2D eigenvalue weighted by atomic mass is 9.92. The van der Waals surface area contributed by atoms with Gasteiger partial charge in [-0.25, -0.2) is 0 Å². The highest BCUT2D eigenvalue weighted by atomic mass is 19.4. The van der Waals surface area contributed by atoms with Crippen molar-refractivity contribution < 1.29 is 18.0 Å². The monoisotopic (exact) mass is 244 g/mol. The van der Waals surface area contributed by atoms with Crippen molar-refractivity contribution in [1.82, 2.24) is 0 Å². The molecular formula is C11H11F3N2O. The van der Waals surface area contributed by atoms with E-state index in [1.165, 1.54) is 6.07 Å².